The van der Waals surface area contributed by atoms with Crippen LogP contribution in [0.5, 0.6) is 0 Å². The van der Waals surface area contributed by atoms with Gasteiger partial charge in [0.15, 0.2) is 0 Å². The van der Waals surface area contributed by atoms with Crippen LogP contribution < -0.4 is 11.1 Å². The summed E-state index contributed by atoms with van der Waals surface area (Å²) in [4.78, 5) is 0. The molecule has 1 heterocycles. The Bertz CT molecular complexity index is 160. The van der Waals surface area contributed by atoms with E-state index in [9.17, 15) is 0 Å². The van der Waals surface area contributed by atoms with E-state index >= 15 is 0 Å². The second-order valence-corrected chi connectivity index (χ2v) is 4.53. The summed E-state index contributed by atoms with van der Waals surface area (Å²) in [5.41, 5.74) is 5.67. The molecule has 1 rings (SSSR count). The first kappa shape index (κ1) is 12.9. The molecule has 1 saturated heterocycles. The zero-order chi connectivity index (χ0) is 11.1. The molecule has 90 valence electrons. The van der Waals surface area contributed by atoms with Crippen LogP contribution in [0.1, 0.15) is 33.1 Å². The molecule has 15 heavy (non-hydrogen) atoms. The first-order chi connectivity index (χ1) is 7.31. The van der Waals surface area contributed by atoms with E-state index in [1.54, 1.807) is 0 Å². The highest BCUT2D eigenvalue weighted by molar-refractivity contribution is 4.77. The fourth-order valence-electron chi connectivity index (χ4n) is 2.24. The van der Waals surface area contributed by atoms with E-state index in [0.29, 0.717) is 17.9 Å². The van der Waals surface area contributed by atoms with E-state index < -0.39 is 0 Å². The van der Waals surface area contributed by atoms with E-state index in [2.05, 4.69) is 19.2 Å². The highest BCUT2D eigenvalue weighted by atomic mass is 16.5. The maximum Gasteiger partial charge on any atom is 0.0613 e. The van der Waals surface area contributed by atoms with Gasteiger partial charge in [-0.1, -0.05) is 20.3 Å². The Labute approximate surface area is 93.8 Å². The third-order valence-electron chi connectivity index (χ3n) is 3.50. The van der Waals surface area contributed by atoms with Gasteiger partial charge in [-0.25, -0.2) is 0 Å². The number of nitrogens with one attached hydrogen (secondary N) is 1. The third-order valence-corrected chi connectivity index (χ3v) is 3.50. The molecule has 1 aliphatic rings. The van der Waals surface area contributed by atoms with Gasteiger partial charge in [-0.05, 0) is 37.8 Å². The molecule has 1 aliphatic heterocycles. The lowest BCUT2D eigenvalue weighted by molar-refractivity contribution is 0.0871. The van der Waals surface area contributed by atoms with E-state index in [1.807, 2.05) is 0 Å². The molecule has 1 fully saturated rings. The molecule has 0 saturated carbocycles. The van der Waals surface area contributed by atoms with Crippen LogP contribution in [0.25, 0.3) is 0 Å². The number of ether oxygens (including phenoxy) is 1. The van der Waals surface area contributed by atoms with Crippen molar-refractivity contribution >= 4 is 0 Å². The topological polar surface area (TPSA) is 47.3 Å². The number of hydrogen-bond donors (Lipinski definition) is 2. The molecule has 0 bridgehead atoms. The summed E-state index contributed by atoms with van der Waals surface area (Å²) in [6.45, 7) is 8.29. The molecule has 0 spiro atoms. The number of nitrogens with two attached hydrogens (primary N) is 1. The summed E-state index contributed by atoms with van der Waals surface area (Å²) in [7, 11) is 0. The van der Waals surface area contributed by atoms with Crippen molar-refractivity contribution in [2.24, 2.45) is 17.6 Å². The van der Waals surface area contributed by atoms with Crippen LogP contribution in [0.2, 0.25) is 0 Å². The van der Waals surface area contributed by atoms with Gasteiger partial charge >= 0.3 is 0 Å². The van der Waals surface area contributed by atoms with Gasteiger partial charge in [-0.15, -0.1) is 0 Å². The summed E-state index contributed by atoms with van der Waals surface area (Å²) in [5, 5.41) is 3.53. The van der Waals surface area contributed by atoms with Gasteiger partial charge in [-0.3, -0.25) is 0 Å². The van der Waals surface area contributed by atoms with Gasteiger partial charge in [0.25, 0.3) is 0 Å². The standard InChI is InChI=1S/C12H26N2O/c1-3-10(7-13)8-14-9-11-5-6-15-12(11)4-2/h10-12,14H,3-9,13H2,1-2H3. The van der Waals surface area contributed by atoms with Crippen molar-refractivity contribution < 1.29 is 4.74 Å². The molecule has 3 unspecified atom stereocenters. The molecule has 0 aliphatic carbocycles. The highest BCUT2D eigenvalue weighted by Crippen LogP contribution is 2.22. The minimum Gasteiger partial charge on any atom is -0.378 e. The van der Waals surface area contributed by atoms with Gasteiger partial charge in [-0.2, -0.15) is 0 Å². The molecule has 0 aromatic heterocycles. The number of hydrogen-bond acceptors (Lipinski definition) is 3. The average molecular weight is 214 g/mol. The molecular formula is C12H26N2O. The predicted molar refractivity (Wildman–Crippen MR) is 63.8 cm³/mol. The fourth-order valence-corrected chi connectivity index (χ4v) is 2.24. The molecule has 0 aromatic rings. The molecule has 0 aromatic carbocycles. The molecule has 3 nitrogen and oxygen atoms in total. The Balaban J connectivity index is 2.13. The lowest BCUT2D eigenvalue weighted by Gasteiger charge is -2.19. The average Bonchev–Trinajstić information content (AvgIpc) is 2.72. The van der Waals surface area contributed by atoms with Crippen LogP contribution >= 0.6 is 0 Å². The second kappa shape index (κ2) is 7.20. The summed E-state index contributed by atoms with van der Waals surface area (Å²) in [6, 6.07) is 0. The van der Waals surface area contributed by atoms with Crippen molar-refractivity contribution in [1.29, 1.82) is 0 Å². The molecule has 3 atom stereocenters. The summed E-state index contributed by atoms with van der Waals surface area (Å²) < 4.78 is 5.66. The normalized spacial score (nSPS) is 28.2. The minimum atomic E-state index is 0.482. The first-order valence-corrected chi connectivity index (χ1v) is 6.34. The zero-order valence-corrected chi connectivity index (χ0v) is 10.2. The van der Waals surface area contributed by atoms with Gasteiger partial charge in [0, 0.05) is 13.2 Å². The van der Waals surface area contributed by atoms with Crippen LogP contribution in [-0.2, 0) is 4.74 Å². The Morgan fingerprint density at radius 1 is 1.47 bits per heavy atom. The maximum absolute atomic E-state index is 5.67. The van der Waals surface area contributed by atoms with Crippen LogP contribution in [0.15, 0.2) is 0 Å². The summed E-state index contributed by atoms with van der Waals surface area (Å²) in [6.07, 6.45) is 4.00. The zero-order valence-electron chi connectivity index (χ0n) is 10.2. The van der Waals surface area contributed by atoms with Crippen molar-refractivity contribution in [3.05, 3.63) is 0 Å². The third kappa shape index (κ3) is 4.09. The van der Waals surface area contributed by atoms with Crippen molar-refractivity contribution in [2.45, 2.75) is 39.2 Å². The van der Waals surface area contributed by atoms with Gasteiger partial charge in [0.2, 0.25) is 0 Å². The van der Waals surface area contributed by atoms with Gasteiger partial charge in [0.05, 0.1) is 6.10 Å². The second-order valence-electron chi connectivity index (χ2n) is 4.53. The van der Waals surface area contributed by atoms with Crippen molar-refractivity contribution in [3.63, 3.8) is 0 Å². The SMILES string of the molecule is CCC(CN)CNCC1CCOC1CC. The fraction of sp³-hybridized carbons (Fsp3) is 1.00. The quantitative estimate of drug-likeness (QED) is 0.673. The minimum absolute atomic E-state index is 0.482. The Morgan fingerprint density at radius 2 is 2.27 bits per heavy atom. The molecule has 0 amide bonds. The molecular weight excluding hydrogens is 188 g/mol. The van der Waals surface area contributed by atoms with E-state index in [-0.39, 0.29) is 0 Å². The Kier molecular flexibility index (Phi) is 6.22. The van der Waals surface area contributed by atoms with Crippen molar-refractivity contribution in [1.82, 2.24) is 5.32 Å². The molecule has 3 N–H and O–H groups in total. The Morgan fingerprint density at radius 3 is 2.87 bits per heavy atom. The summed E-state index contributed by atoms with van der Waals surface area (Å²) in [5.74, 6) is 1.35. The van der Waals surface area contributed by atoms with Crippen molar-refractivity contribution in [2.75, 3.05) is 26.2 Å². The monoisotopic (exact) mass is 214 g/mol. The lowest BCUT2D eigenvalue weighted by atomic mass is 9.99. The van der Waals surface area contributed by atoms with E-state index in [0.717, 1.165) is 32.7 Å². The summed E-state index contributed by atoms with van der Waals surface area (Å²) >= 11 is 0. The number of rotatable bonds is 7. The predicted octanol–water partition coefficient (Wildman–Crippen LogP) is 1.38. The largest absolute Gasteiger partial charge is 0.378 e. The Hall–Kier alpha value is -0.120. The van der Waals surface area contributed by atoms with Crippen LogP contribution in [-0.4, -0.2) is 32.3 Å². The smallest absolute Gasteiger partial charge is 0.0613 e. The van der Waals surface area contributed by atoms with Crippen LogP contribution in [0.4, 0.5) is 0 Å². The van der Waals surface area contributed by atoms with E-state index in [1.165, 1.54) is 12.8 Å². The van der Waals surface area contributed by atoms with Crippen molar-refractivity contribution in [3.8, 4) is 0 Å². The molecule has 0 radical (unpaired) electrons. The first-order valence-electron chi connectivity index (χ1n) is 6.34. The van der Waals surface area contributed by atoms with Crippen LogP contribution in [0, 0.1) is 11.8 Å². The van der Waals surface area contributed by atoms with Gasteiger partial charge < -0.3 is 15.8 Å². The highest BCUT2D eigenvalue weighted by Gasteiger charge is 2.26. The van der Waals surface area contributed by atoms with Gasteiger partial charge in [0.1, 0.15) is 0 Å². The van der Waals surface area contributed by atoms with E-state index in [4.69, 9.17) is 10.5 Å². The molecule has 3 heteroatoms. The lowest BCUT2D eigenvalue weighted by Crippen LogP contribution is -2.33. The van der Waals surface area contributed by atoms with Crippen LogP contribution in [0.3, 0.4) is 0 Å². The maximum atomic E-state index is 5.67.